The Bertz CT molecular complexity index is 638. The molecule has 0 aliphatic rings. The van der Waals surface area contributed by atoms with Crippen LogP contribution in [0.15, 0.2) is 42.5 Å². The number of methoxy groups -OCH3 is 1. The molecule has 102 valence electrons. The molecule has 0 spiro atoms. The van der Waals surface area contributed by atoms with Gasteiger partial charge in [0.1, 0.15) is 11.6 Å². The van der Waals surface area contributed by atoms with E-state index in [4.69, 9.17) is 4.74 Å². The van der Waals surface area contributed by atoms with Crippen LogP contribution in [0.1, 0.15) is 20.7 Å². The van der Waals surface area contributed by atoms with Crippen LogP contribution in [0.5, 0.6) is 5.75 Å². The zero-order valence-electron chi connectivity index (χ0n) is 10.7. The molecule has 2 aromatic carbocycles. The van der Waals surface area contributed by atoms with Gasteiger partial charge in [-0.1, -0.05) is 6.07 Å². The maximum Gasteiger partial charge on any atom is 0.255 e. The number of carbonyl (C=O) groups excluding carboxylic acids is 2. The molecular formula is C15H12FNO3. The summed E-state index contributed by atoms with van der Waals surface area (Å²) in [5.74, 6) is -0.477. The minimum absolute atomic E-state index is 0.140. The van der Waals surface area contributed by atoms with E-state index in [9.17, 15) is 14.0 Å². The van der Waals surface area contributed by atoms with Crippen molar-refractivity contribution in [1.29, 1.82) is 0 Å². The highest BCUT2D eigenvalue weighted by Gasteiger charge is 2.11. The second-order valence-corrected chi connectivity index (χ2v) is 4.00. The lowest BCUT2D eigenvalue weighted by atomic mass is 10.1. The third-order valence-electron chi connectivity index (χ3n) is 2.77. The van der Waals surface area contributed by atoms with Crippen LogP contribution in [0, 0.1) is 5.82 Å². The molecule has 0 aromatic heterocycles. The monoisotopic (exact) mass is 273 g/mol. The van der Waals surface area contributed by atoms with Crippen molar-refractivity contribution in [2.75, 3.05) is 12.4 Å². The predicted molar refractivity (Wildman–Crippen MR) is 72.7 cm³/mol. The number of nitrogens with one attached hydrogen (secondary N) is 1. The Labute approximate surface area is 115 Å². The van der Waals surface area contributed by atoms with Crippen molar-refractivity contribution in [1.82, 2.24) is 0 Å². The number of amides is 1. The number of hydrogen-bond acceptors (Lipinski definition) is 3. The Kier molecular flexibility index (Phi) is 4.10. The summed E-state index contributed by atoms with van der Waals surface area (Å²) in [6.45, 7) is 0. The molecular weight excluding hydrogens is 261 g/mol. The zero-order chi connectivity index (χ0) is 14.5. The highest BCUT2D eigenvalue weighted by molar-refractivity contribution is 6.06. The van der Waals surface area contributed by atoms with Gasteiger partial charge in [-0.15, -0.1) is 0 Å². The molecule has 0 aliphatic heterocycles. The van der Waals surface area contributed by atoms with Crippen LogP contribution in [0.25, 0.3) is 0 Å². The van der Waals surface area contributed by atoms with Crippen LogP contribution < -0.4 is 10.1 Å². The topological polar surface area (TPSA) is 55.4 Å². The van der Waals surface area contributed by atoms with Gasteiger partial charge in [-0.05, 0) is 36.4 Å². The first kappa shape index (κ1) is 13.7. The summed E-state index contributed by atoms with van der Waals surface area (Å²) >= 11 is 0. The van der Waals surface area contributed by atoms with E-state index in [1.54, 1.807) is 24.3 Å². The van der Waals surface area contributed by atoms with E-state index in [1.165, 1.54) is 19.2 Å². The fraction of sp³-hybridized carbons (Fsp3) is 0.0667. The smallest absolute Gasteiger partial charge is 0.255 e. The molecule has 0 bridgehead atoms. The molecule has 0 saturated heterocycles. The highest BCUT2D eigenvalue weighted by Crippen LogP contribution is 2.18. The molecule has 2 rings (SSSR count). The molecule has 0 saturated carbocycles. The fourth-order valence-corrected chi connectivity index (χ4v) is 1.70. The maximum absolute atomic E-state index is 13.4. The normalized spacial score (nSPS) is 9.90. The van der Waals surface area contributed by atoms with E-state index in [-0.39, 0.29) is 11.3 Å². The van der Waals surface area contributed by atoms with E-state index in [1.807, 2.05) is 0 Å². The van der Waals surface area contributed by atoms with E-state index < -0.39 is 11.7 Å². The third kappa shape index (κ3) is 2.83. The molecule has 5 heteroatoms. The number of benzene rings is 2. The summed E-state index contributed by atoms with van der Waals surface area (Å²) in [5.41, 5.74) is 0.349. The molecule has 0 radical (unpaired) electrons. The molecule has 0 heterocycles. The lowest BCUT2D eigenvalue weighted by Crippen LogP contribution is -2.13. The molecule has 4 nitrogen and oxygen atoms in total. The first-order chi connectivity index (χ1) is 9.65. The van der Waals surface area contributed by atoms with Gasteiger partial charge in [0, 0.05) is 5.56 Å². The lowest BCUT2D eigenvalue weighted by Gasteiger charge is -2.08. The maximum atomic E-state index is 13.4. The molecule has 0 fully saturated rings. The van der Waals surface area contributed by atoms with E-state index in [2.05, 4.69) is 5.32 Å². The lowest BCUT2D eigenvalue weighted by molar-refractivity contribution is 0.102. The van der Waals surface area contributed by atoms with E-state index in [0.29, 0.717) is 17.6 Å². The van der Waals surface area contributed by atoms with E-state index in [0.717, 1.165) is 6.07 Å². The quantitative estimate of drug-likeness (QED) is 0.871. The fourth-order valence-electron chi connectivity index (χ4n) is 1.70. The minimum Gasteiger partial charge on any atom is -0.497 e. The van der Waals surface area contributed by atoms with Crippen molar-refractivity contribution in [2.24, 2.45) is 0 Å². The van der Waals surface area contributed by atoms with Crippen molar-refractivity contribution in [3.63, 3.8) is 0 Å². The second kappa shape index (κ2) is 5.97. The van der Waals surface area contributed by atoms with Crippen molar-refractivity contribution in [2.45, 2.75) is 0 Å². The minimum atomic E-state index is -0.674. The van der Waals surface area contributed by atoms with Crippen LogP contribution >= 0.6 is 0 Å². The standard InChI is InChI=1S/C15H12FNO3/c1-20-11-7-5-10(6-8-11)15(19)17-14-4-2-3-13(16)12(14)9-18/h2-9H,1H3,(H,17,19). The Morgan fingerprint density at radius 3 is 2.50 bits per heavy atom. The third-order valence-corrected chi connectivity index (χ3v) is 2.77. The molecule has 1 amide bonds. The van der Waals surface area contributed by atoms with Gasteiger partial charge in [0.15, 0.2) is 6.29 Å². The number of ether oxygens (including phenoxy) is 1. The summed E-state index contributed by atoms with van der Waals surface area (Å²) in [4.78, 5) is 22.8. The Morgan fingerprint density at radius 1 is 1.20 bits per heavy atom. The van der Waals surface area contributed by atoms with Crippen LogP contribution in [-0.4, -0.2) is 19.3 Å². The van der Waals surface area contributed by atoms with Gasteiger partial charge < -0.3 is 10.1 Å². The van der Waals surface area contributed by atoms with Gasteiger partial charge in [-0.25, -0.2) is 4.39 Å². The van der Waals surface area contributed by atoms with Gasteiger partial charge in [0.2, 0.25) is 0 Å². The van der Waals surface area contributed by atoms with Gasteiger partial charge in [-0.3, -0.25) is 9.59 Å². The van der Waals surface area contributed by atoms with Gasteiger partial charge in [0.25, 0.3) is 5.91 Å². The largest absolute Gasteiger partial charge is 0.497 e. The predicted octanol–water partition coefficient (Wildman–Crippen LogP) is 2.90. The van der Waals surface area contributed by atoms with Crippen molar-refractivity contribution in [3.8, 4) is 5.75 Å². The summed E-state index contributed by atoms with van der Waals surface area (Å²) in [5, 5.41) is 2.51. The molecule has 0 atom stereocenters. The molecule has 1 N–H and O–H groups in total. The Hall–Kier alpha value is -2.69. The summed E-state index contributed by atoms with van der Waals surface area (Å²) in [7, 11) is 1.53. The van der Waals surface area contributed by atoms with Crippen molar-refractivity contribution < 1.29 is 18.7 Å². The van der Waals surface area contributed by atoms with Gasteiger partial charge >= 0.3 is 0 Å². The number of halogens is 1. The number of hydrogen-bond donors (Lipinski definition) is 1. The van der Waals surface area contributed by atoms with Crippen LogP contribution in [0.2, 0.25) is 0 Å². The van der Waals surface area contributed by atoms with Crippen LogP contribution in [0.3, 0.4) is 0 Å². The summed E-state index contributed by atoms with van der Waals surface area (Å²) < 4.78 is 18.4. The number of anilines is 1. The van der Waals surface area contributed by atoms with E-state index >= 15 is 0 Å². The highest BCUT2D eigenvalue weighted by atomic mass is 19.1. The SMILES string of the molecule is COc1ccc(C(=O)Nc2cccc(F)c2C=O)cc1. The summed E-state index contributed by atoms with van der Waals surface area (Å²) in [6.07, 6.45) is 0.374. The second-order valence-electron chi connectivity index (χ2n) is 4.00. The first-order valence-electron chi connectivity index (χ1n) is 5.85. The van der Waals surface area contributed by atoms with Crippen molar-refractivity contribution in [3.05, 3.63) is 59.4 Å². The molecule has 20 heavy (non-hydrogen) atoms. The number of carbonyl (C=O) groups is 2. The Balaban J connectivity index is 2.23. The Morgan fingerprint density at radius 2 is 1.90 bits per heavy atom. The number of aldehydes is 1. The molecule has 2 aromatic rings. The average Bonchev–Trinajstić information content (AvgIpc) is 2.47. The summed E-state index contributed by atoms with van der Waals surface area (Å²) in [6, 6.07) is 10.5. The first-order valence-corrected chi connectivity index (χ1v) is 5.85. The molecule has 0 aliphatic carbocycles. The van der Waals surface area contributed by atoms with Gasteiger partial charge in [-0.2, -0.15) is 0 Å². The van der Waals surface area contributed by atoms with Gasteiger partial charge in [0.05, 0.1) is 18.4 Å². The average molecular weight is 273 g/mol. The zero-order valence-corrected chi connectivity index (χ0v) is 10.7. The molecule has 0 unspecified atom stereocenters. The van der Waals surface area contributed by atoms with Crippen LogP contribution in [-0.2, 0) is 0 Å². The van der Waals surface area contributed by atoms with Crippen molar-refractivity contribution >= 4 is 17.9 Å². The number of rotatable bonds is 4. The van der Waals surface area contributed by atoms with Crippen LogP contribution in [0.4, 0.5) is 10.1 Å².